The van der Waals surface area contributed by atoms with Crippen molar-refractivity contribution >= 4 is 11.9 Å². The van der Waals surface area contributed by atoms with E-state index < -0.39 is 11.9 Å². The van der Waals surface area contributed by atoms with Gasteiger partial charge >= 0.3 is 11.9 Å². The van der Waals surface area contributed by atoms with Gasteiger partial charge in [-0.2, -0.15) is 0 Å². The third kappa shape index (κ3) is 3.27. The molecule has 1 aromatic rings. The summed E-state index contributed by atoms with van der Waals surface area (Å²) in [5.74, 6) is -1.18. The first-order valence-electron chi connectivity index (χ1n) is 5.41. The Morgan fingerprint density at radius 1 is 1.18 bits per heavy atom. The van der Waals surface area contributed by atoms with Gasteiger partial charge in [0.2, 0.25) is 0 Å². The van der Waals surface area contributed by atoms with Gasteiger partial charge in [-0.1, -0.05) is 0 Å². The van der Waals surface area contributed by atoms with Crippen LogP contribution in [0.2, 0.25) is 0 Å². The minimum atomic E-state index is -0.615. The molecule has 1 aromatic heterocycles. The minimum Gasteiger partial charge on any atom is -0.462 e. The van der Waals surface area contributed by atoms with Crippen molar-refractivity contribution in [1.82, 2.24) is 4.98 Å². The van der Waals surface area contributed by atoms with E-state index in [0.717, 1.165) is 5.56 Å². The molecule has 0 fully saturated rings. The number of hydrogen-bond acceptors (Lipinski definition) is 5. The van der Waals surface area contributed by atoms with Crippen LogP contribution in [0.25, 0.3) is 0 Å². The summed E-state index contributed by atoms with van der Waals surface area (Å²) in [5, 5.41) is 0. The van der Waals surface area contributed by atoms with Crippen LogP contribution in [0.4, 0.5) is 0 Å². The van der Waals surface area contributed by atoms with Gasteiger partial charge in [0.05, 0.1) is 18.8 Å². The van der Waals surface area contributed by atoms with Gasteiger partial charge in [-0.3, -0.25) is 0 Å². The number of ether oxygens (including phenoxy) is 2. The van der Waals surface area contributed by atoms with E-state index in [4.69, 9.17) is 9.47 Å². The molecule has 5 heteroatoms. The lowest BCUT2D eigenvalue weighted by atomic mass is 10.1. The predicted octanol–water partition coefficient (Wildman–Crippen LogP) is 1.74. The van der Waals surface area contributed by atoms with Gasteiger partial charge in [0.15, 0.2) is 5.69 Å². The molecule has 0 atom stereocenters. The van der Waals surface area contributed by atoms with Crippen LogP contribution >= 0.6 is 0 Å². The standard InChI is InChI=1S/C12H15NO4/c1-4-16-11(14)9-6-8(3)7-13-10(9)12(15)17-5-2/h6-7H,4-5H2,1-3H3. The fourth-order valence-corrected chi connectivity index (χ4v) is 1.30. The molecular formula is C12H15NO4. The Hall–Kier alpha value is -1.91. The van der Waals surface area contributed by atoms with E-state index >= 15 is 0 Å². The lowest BCUT2D eigenvalue weighted by Gasteiger charge is -2.07. The number of aryl methyl sites for hydroxylation is 1. The minimum absolute atomic E-state index is 0.00380. The highest BCUT2D eigenvalue weighted by Crippen LogP contribution is 2.11. The van der Waals surface area contributed by atoms with Crippen LogP contribution in [0.3, 0.4) is 0 Å². The van der Waals surface area contributed by atoms with Crippen molar-refractivity contribution in [3.8, 4) is 0 Å². The molecule has 5 nitrogen and oxygen atoms in total. The second-order valence-corrected chi connectivity index (χ2v) is 3.35. The van der Waals surface area contributed by atoms with Crippen molar-refractivity contribution in [3.05, 3.63) is 29.1 Å². The van der Waals surface area contributed by atoms with E-state index in [1.54, 1.807) is 26.8 Å². The van der Waals surface area contributed by atoms with Crippen LogP contribution in [0, 0.1) is 6.92 Å². The maximum atomic E-state index is 11.7. The highest BCUT2D eigenvalue weighted by Gasteiger charge is 2.20. The number of hydrogen-bond donors (Lipinski definition) is 0. The van der Waals surface area contributed by atoms with E-state index in [9.17, 15) is 9.59 Å². The summed E-state index contributed by atoms with van der Waals surface area (Å²) in [6.07, 6.45) is 1.51. The number of aromatic nitrogens is 1. The predicted molar refractivity (Wildman–Crippen MR) is 60.9 cm³/mol. The third-order valence-electron chi connectivity index (χ3n) is 1.99. The molecule has 92 valence electrons. The molecule has 0 amide bonds. The molecular weight excluding hydrogens is 222 g/mol. The molecule has 0 saturated heterocycles. The molecule has 0 aliphatic rings. The van der Waals surface area contributed by atoms with Crippen LogP contribution < -0.4 is 0 Å². The average Bonchev–Trinajstić information content (AvgIpc) is 2.29. The molecule has 0 N–H and O–H groups in total. The first-order chi connectivity index (χ1) is 8.10. The van der Waals surface area contributed by atoms with Gasteiger partial charge in [0.1, 0.15) is 0 Å². The molecule has 1 rings (SSSR count). The quantitative estimate of drug-likeness (QED) is 0.746. The van der Waals surface area contributed by atoms with Gasteiger partial charge in [0.25, 0.3) is 0 Å². The zero-order chi connectivity index (χ0) is 12.8. The number of rotatable bonds is 4. The molecule has 0 aromatic carbocycles. The van der Waals surface area contributed by atoms with Crippen molar-refractivity contribution < 1.29 is 19.1 Å². The summed E-state index contributed by atoms with van der Waals surface area (Å²) in [4.78, 5) is 27.2. The Balaban J connectivity index is 3.11. The summed E-state index contributed by atoms with van der Waals surface area (Å²) >= 11 is 0. The summed E-state index contributed by atoms with van der Waals surface area (Å²) < 4.78 is 9.69. The lowest BCUT2D eigenvalue weighted by molar-refractivity contribution is 0.0473. The SMILES string of the molecule is CCOC(=O)c1cc(C)cnc1C(=O)OCC. The molecule has 1 heterocycles. The van der Waals surface area contributed by atoms with Crippen molar-refractivity contribution in [2.75, 3.05) is 13.2 Å². The zero-order valence-electron chi connectivity index (χ0n) is 10.1. The summed E-state index contributed by atoms with van der Waals surface area (Å²) in [6.45, 7) is 5.65. The van der Waals surface area contributed by atoms with E-state index in [0.29, 0.717) is 0 Å². The fourth-order valence-electron chi connectivity index (χ4n) is 1.30. The maximum absolute atomic E-state index is 11.7. The molecule has 0 saturated carbocycles. The monoisotopic (exact) mass is 237 g/mol. The molecule has 0 bridgehead atoms. The Morgan fingerprint density at radius 2 is 1.76 bits per heavy atom. The number of esters is 2. The van der Waals surface area contributed by atoms with E-state index in [-0.39, 0.29) is 24.5 Å². The van der Waals surface area contributed by atoms with Crippen LogP contribution in [-0.2, 0) is 9.47 Å². The van der Waals surface area contributed by atoms with E-state index in [1.165, 1.54) is 6.20 Å². The highest BCUT2D eigenvalue weighted by atomic mass is 16.5. The summed E-state index contributed by atoms with van der Waals surface area (Å²) in [5.41, 5.74) is 0.919. The van der Waals surface area contributed by atoms with Gasteiger partial charge < -0.3 is 9.47 Å². The Kier molecular flexibility index (Phi) is 4.63. The number of carbonyl (C=O) groups is 2. The first kappa shape index (κ1) is 13.2. The fraction of sp³-hybridized carbons (Fsp3) is 0.417. The highest BCUT2D eigenvalue weighted by molar-refractivity contribution is 6.01. The van der Waals surface area contributed by atoms with Crippen LogP contribution in [0.15, 0.2) is 12.3 Å². The van der Waals surface area contributed by atoms with Crippen molar-refractivity contribution in [2.45, 2.75) is 20.8 Å². The second-order valence-electron chi connectivity index (χ2n) is 3.35. The van der Waals surface area contributed by atoms with Gasteiger partial charge in [-0.25, -0.2) is 14.6 Å². The Labute approximate surface area is 99.8 Å². The Bertz CT molecular complexity index is 429. The number of pyridine rings is 1. The van der Waals surface area contributed by atoms with Crippen LogP contribution in [0.5, 0.6) is 0 Å². The molecule has 0 aliphatic heterocycles. The van der Waals surface area contributed by atoms with Crippen LogP contribution in [0.1, 0.15) is 40.3 Å². The van der Waals surface area contributed by atoms with Crippen molar-refractivity contribution in [3.63, 3.8) is 0 Å². The van der Waals surface area contributed by atoms with Gasteiger partial charge in [-0.05, 0) is 32.4 Å². The number of carbonyl (C=O) groups excluding carboxylic acids is 2. The topological polar surface area (TPSA) is 65.5 Å². The Morgan fingerprint density at radius 3 is 2.35 bits per heavy atom. The third-order valence-corrected chi connectivity index (χ3v) is 1.99. The normalized spacial score (nSPS) is 9.82. The molecule has 17 heavy (non-hydrogen) atoms. The number of nitrogens with zero attached hydrogens (tertiary/aromatic N) is 1. The summed E-state index contributed by atoms with van der Waals surface area (Å²) in [6, 6.07) is 1.57. The zero-order valence-corrected chi connectivity index (χ0v) is 10.1. The molecule has 0 unspecified atom stereocenters. The second kappa shape index (κ2) is 5.98. The van der Waals surface area contributed by atoms with Crippen LogP contribution in [-0.4, -0.2) is 30.1 Å². The molecule has 0 radical (unpaired) electrons. The first-order valence-corrected chi connectivity index (χ1v) is 5.41. The van der Waals surface area contributed by atoms with Crippen molar-refractivity contribution in [1.29, 1.82) is 0 Å². The maximum Gasteiger partial charge on any atom is 0.357 e. The van der Waals surface area contributed by atoms with Gasteiger partial charge in [-0.15, -0.1) is 0 Å². The average molecular weight is 237 g/mol. The summed E-state index contributed by atoms with van der Waals surface area (Å²) in [7, 11) is 0. The van der Waals surface area contributed by atoms with E-state index in [1.807, 2.05) is 0 Å². The largest absolute Gasteiger partial charge is 0.462 e. The van der Waals surface area contributed by atoms with Gasteiger partial charge in [0, 0.05) is 6.20 Å². The lowest BCUT2D eigenvalue weighted by Crippen LogP contribution is -2.16. The molecule has 0 spiro atoms. The van der Waals surface area contributed by atoms with E-state index in [2.05, 4.69) is 4.98 Å². The smallest absolute Gasteiger partial charge is 0.357 e. The van der Waals surface area contributed by atoms with Crippen molar-refractivity contribution in [2.24, 2.45) is 0 Å². The molecule has 0 aliphatic carbocycles.